The third-order valence-electron chi connectivity index (χ3n) is 3.33. The van der Waals surface area contributed by atoms with E-state index in [2.05, 4.69) is 10.3 Å². The standard InChI is InChI=1S/C17H15N3O2/c1-22-13-7-8-14-12(9-13)10-15(20-17(18)21)16(19-14)11-5-3-2-4-6-11/h2-10H,1H3,(H3,18,20,21). The quantitative estimate of drug-likeness (QED) is 0.777. The van der Waals surface area contributed by atoms with Crippen molar-refractivity contribution in [3.05, 3.63) is 54.6 Å². The summed E-state index contributed by atoms with van der Waals surface area (Å²) in [5.41, 5.74) is 8.24. The zero-order valence-corrected chi connectivity index (χ0v) is 12.0. The van der Waals surface area contributed by atoms with Crippen LogP contribution in [0.4, 0.5) is 10.5 Å². The predicted molar refractivity (Wildman–Crippen MR) is 86.9 cm³/mol. The molecule has 110 valence electrons. The molecule has 0 unspecified atom stereocenters. The predicted octanol–water partition coefficient (Wildman–Crippen LogP) is 3.40. The third kappa shape index (κ3) is 2.69. The average Bonchev–Trinajstić information content (AvgIpc) is 2.54. The van der Waals surface area contributed by atoms with Crippen LogP contribution in [0.5, 0.6) is 5.75 Å². The van der Waals surface area contributed by atoms with E-state index < -0.39 is 6.03 Å². The number of urea groups is 1. The van der Waals surface area contributed by atoms with Crippen LogP contribution in [0.2, 0.25) is 0 Å². The summed E-state index contributed by atoms with van der Waals surface area (Å²) < 4.78 is 5.22. The molecule has 2 amide bonds. The van der Waals surface area contributed by atoms with E-state index in [1.165, 1.54) is 0 Å². The minimum atomic E-state index is -0.624. The van der Waals surface area contributed by atoms with Gasteiger partial charge in [0.15, 0.2) is 0 Å². The lowest BCUT2D eigenvalue weighted by Gasteiger charge is -2.11. The minimum absolute atomic E-state index is 0.569. The van der Waals surface area contributed by atoms with Crippen molar-refractivity contribution in [2.75, 3.05) is 12.4 Å². The molecule has 0 aliphatic rings. The number of carbonyl (C=O) groups excluding carboxylic acids is 1. The highest BCUT2D eigenvalue weighted by Gasteiger charge is 2.11. The number of rotatable bonds is 3. The maximum Gasteiger partial charge on any atom is 0.316 e. The van der Waals surface area contributed by atoms with Gasteiger partial charge in [-0.3, -0.25) is 0 Å². The molecule has 0 radical (unpaired) electrons. The van der Waals surface area contributed by atoms with Crippen molar-refractivity contribution in [1.82, 2.24) is 4.98 Å². The van der Waals surface area contributed by atoms with Crippen LogP contribution in [0.3, 0.4) is 0 Å². The van der Waals surface area contributed by atoms with E-state index in [4.69, 9.17) is 10.5 Å². The molecule has 0 bridgehead atoms. The maximum atomic E-state index is 11.3. The number of pyridine rings is 1. The van der Waals surface area contributed by atoms with Crippen molar-refractivity contribution < 1.29 is 9.53 Å². The lowest BCUT2D eigenvalue weighted by molar-refractivity contribution is 0.259. The Balaban J connectivity index is 2.22. The second-order valence-electron chi connectivity index (χ2n) is 4.80. The number of benzene rings is 2. The number of anilines is 1. The number of methoxy groups -OCH3 is 1. The van der Waals surface area contributed by atoms with Gasteiger partial charge >= 0.3 is 6.03 Å². The van der Waals surface area contributed by atoms with E-state index >= 15 is 0 Å². The van der Waals surface area contributed by atoms with Crippen molar-refractivity contribution in [2.24, 2.45) is 5.73 Å². The molecule has 2 aromatic carbocycles. The van der Waals surface area contributed by atoms with Gasteiger partial charge in [0.25, 0.3) is 0 Å². The molecule has 5 nitrogen and oxygen atoms in total. The number of carbonyl (C=O) groups is 1. The Kier molecular flexibility index (Phi) is 3.62. The van der Waals surface area contributed by atoms with Crippen LogP contribution >= 0.6 is 0 Å². The number of amides is 2. The summed E-state index contributed by atoms with van der Waals surface area (Å²) in [7, 11) is 1.61. The number of nitrogens with two attached hydrogens (primary N) is 1. The van der Waals surface area contributed by atoms with Crippen LogP contribution in [-0.2, 0) is 0 Å². The molecule has 0 spiro atoms. The summed E-state index contributed by atoms with van der Waals surface area (Å²) in [5, 5.41) is 3.50. The molecule has 5 heteroatoms. The van der Waals surface area contributed by atoms with E-state index in [9.17, 15) is 4.79 Å². The molecule has 3 aromatic rings. The van der Waals surface area contributed by atoms with Crippen LogP contribution < -0.4 is 15.8 Å². The number of hydrogen-bond donors (Lipinski definition) is 2. The van der Waals surface area contributed by atoms with Gasteiger partial charge in [-0.05, 0) is 24.3 Å². The number of nitrogens with zero attached hydrogens (tertiary/aromatic N) is 1. The topological polar surface area (TPSA) is 77.2 Å². The molecule has 0 fully saturated rings. The van der Waals surface area contributed by atoms with Crippen molar-refractivity contribution in [3.63, 3.8) is 0 Å². The van der Waals surface area contributed by atoms with Crippen LogP contribution in [0, 0.1) is 0 Å². The van der Waals surface area contributed by atoms with Crippen LogP contribution in [0.25, 0.3) is 22.2 Å². The Labute approximate surface area is 127 Å². The number of nitrogens with one attached hydrogen (secondary N) is 1. The van der Waals surface area contributed by atoms with Crippen molar-refractivity contribution in [2.45, 2.75) is 0 Å². The van der Waals surface area contributed by atoms with E-state index in [-0.39, 0.29) is 0 Å². The summed E-state index contributed by atoms with van der Waals surface area (Å²) in [6.07, 6.45) is 0. The molecular formula is C17H15N3O2. The van der Waals surface area contributed by atoms with E-state index in [1.54, 1.807) is 7.11 Å². The molecule has 1 aromatic heterocycles. The van der Waals surface area contributed by atoms with Crippen LogP contribution in [0.15, 0.2) is 54.6 Å². The second kappa shape index (κ2) is 5.73. The molecule has 0 aliphatic carbocycles. The van der Waals surface area contributed by atoms with Gasteiger partial charge < -0.3 is 15.8 Å². The monoisotopic (exact) mass is 293 g/mol. The molecule has 1 heterocycles. The van der Waals surface area contributed by atoms with Crippen molar-refractivity contribution in [1.29, 1.82) is 0 Å². The molecule has 0 atom stereocenters. The first-order chi connectivity index (χ1) is 10.7. The lowest BCUT2D eigenvalue weighted by atomic mass is 10.1. The van der Waals surface area contributed by atoms with Gasteiger partial charge in [-0.25, -0.2) is 9.78 Å². The molecule has 0 saturated carbocycles. The van der Waals surface area contributed by atoms with Gasteiger partial charge in [0, 0.05) is 10.9 Å². The normalized spacial score (nSPS) is 10.4. The first-order valence-electron chi connectivity index (χ1n) is 6.78. The Morgan fingerprint density at radius 3 is 2.59 bits per heavy atom. The van der Waals surface area contributed by atoms with Gasteiger partial charge in [-0.2, -0.15) is 0 Å². The molecular weight excluding hydrogens is 278 g/mol. The molecule has 0 saturated heterocycles. The summed E-state index contributed by atoms with van der Waals surface area (Å²) >= 11 is 0. The Morgan fingerprint density at radius 1 is 1.14 bits per heavy atom. The van der Waals surface area contributed by atoms with Crippen LogP contribution in [0.1, 0.15) is 0 Å². The largest absolute Gasteiger partial charge is 0.497 e. The van der Waals surface area contributed by atoms with Gasteiger partial charge in [-0.15, -0.1) is 0 Å². The van der Waals surface area contributed by atoms with Crippen LogP contribution in [-0.4, -0.2) is 18.1 Å². The number of aromatic nitrogens is 1. The highest BCUT2D eigenvalue weighted by molar-refractivity contribution is 5.97. The summed E-state index contributed by atoms with van der Waals surface area (Å²) in [5.74, 6) is 0.729. The third-order valence-corrected chi connectivity index (χ3v) is 3.33. The van der Waals surface area contributed by atoms with Gasteiger partial charge in [-0.1, -0.05) is 30.3 Å². The molecule has 3 rings (SSSR count). The lowest BCUT2D eigenvalue weighted by Crippen LogP contribution is -2.20. The van der Waals surface area contributed by atoms with E-state index in [0.717, 1.165) is 22.2 Å². The zero-order chi connectivity index (χ0) is 15.5. The number of ether oxygens (including phenoxy) is 1. The summed E-state index contributed by atoms with van der Waals surface area (Å²) in [6.45, 7) is 0. The fraction of sp³-hybridized carbons (Fsp3) is 0.0588. The molecule has 22 heavy (non-hydrogen) atoms. The van der Waals surface area contributed by atoms with E-state index in [1.807, 2.05) is 54.6 Å². The number of primary amides is 1. The fourth-order valence-corrected chi connectivity index (χ4v) is 2.33. The Bertz CT molecular complexity index is 832. The van der Waals surface area contributed by atoms with Gasteiger partial charge in [0.2, 0.25) is 0 Å². The van der Waals surface area contributed by atoms with Crippen molar-refractivity contribution in [3.8, 4) is 17.0 Å². The highest BCUT2D eigenvalue weighted by atomic mass is 16.5. The minimum Gasteiger partial charge on any atom is -0.497 e. The second-order valence-corrected chi connectivity index (χ2v) is 4.80. The first kappa shape index (κ1) is 13.9. The Morgan fingerprint density at radius 2 is 1.91 bits per heavy atom. The highest BCUT2D eigenvalue weighted by Crippen LogP contribution is 2.31. The van der Waals surface area contributed by atoms with Gasteiger partial charge in [0.1, 0.15) is 5.75 Å². The number of hydrogen-bond acceptors (Lipinski definition) is 3. The maximum absolute atomic E-state index is 11.3. The fourth-order valence-electron chi connectivity index (χ4n) is 2.33. The summed E-state index contributed by atoms with van der Waals surface area (Å²) in [4.78, 5) is 15.9. The summed E-state index contributed by atoms with van der Waals surface area (Å²) in [6, 6.07) is 16.5. The molecule has 0 aliphatic heterocycles. The van der Waals surface area contributed by atoms with E-state index in [0.29, 0.717) is 11.4 Å². The average molecular weight is 293 g/mol. The zero-order valence-electron chi connectivity index (χ0n) is 12.0. The smallest absolute Gasteiger partial charge is 0.316 e. The molecule has 3 N–H and O–H groups in total. The number of fused-ring (bicyclic) bond motifs is 1. The van der Waals surface area contributed by atoms with Gasteiger partial charge in [0.05, 0.1) is 24.0 Å². The van der Waals surface area contributed by atoms with Crippen molar-refractivity contribution >= 4 is 22.6 Å². The first-order valence-corrected chi connectivity index (χ1v) is 6.78. The SMILES string of the molecule is COc1ccc2nc(-c3ccccc3)c(NC(N)=O)cc2c1. The Hall–Kier alpha value is -3.08.